The maximum absolute atomic E-state index is 14.0. The third kappa shape index (κ3) is 4.24. The number of carbonyl (C=O) groups excluding carboxylic acids is 1. The Morgan fingerprint density at radius 3 is 2.47 bits per heavy atom. The standard InChI is InChI=1S/C21H15BrF3N5O2/c1-26-19(31)17-12-15(10-11-27-17)32-14-8-6-13(7-9-14)29(21(23,24)25)20-28-16-4-2-3-5-18(16)30(20)22/h2-12H,1H3,(H,26,31). The van der Waals surface area contributed by atoms with Crippen molar-refractivity contribution in [3.05, 3.63) is 72.6 Å². The number of alkyl halides is 3. The normalized spacial score (nSPS) is 11.4. The minimum atomic E-state index is -4.73. The molecule has 2 aromatic heterocycles. The van der Waals surface area contributed by atoms with Crippen LogP contribution in [-0.2, 0) is 0 Å². The van der Waals surface area contributed by atoms with E-state index in [1.807, 2.05) is 0 Å². The lowest BCUT2D eigenvalue weighted by Crippen LogP contribution is -2.35. The molecule has 4 rings (SSSR count). The summed E-state index contributed by atoms with van der Waals surface area (Å²) in [5, 5.41) is 2.46. The first-order chi connectivity index (χ1) is 15.3. The molecule has 0 bridgehead atoms. The summed E-state index contributed by atoms with van der Waals surface area (Å²) in [4.78, 5) is 19.9. The average Bonchev–Trinajstić information content (AvgIpc) is 3.10. The molecular weight excluding hydrogens is 491 g/mol. The molecule has 2 aromatic carbocycles. The van der Waals surface area contributed by atoms with Gasteiger partial charge in [-0.25, -0.2) is 13.5 Å². The second-order valence-electron chi connectivity index (χ2n) is 6.54. The maximum Gasteiger partial charge on any atom is 0.491 e. The number of hydrogen-bond donors (Lipinski definition) is 1. The van der Waals surface area contributed by atoms with Crippen LogP contribution in [0.3, 0.4) is 0 Å². The van der Waals surface area contributed by atoms with Crippen LogP contribution in [0.1, 0.15) is 10.5 Å². The number of imidazole rings is 1. The van der Waals surface area contributed by atoms with E-state index in [2.05, 4.69) is 31.4 Å². The number of hydrogen-bond acceptors (Lipinski definition) is 5. The van der Waals surface area contributed by atoms with E-state index in [-0.39, 0.29) is 33.9 Å². The molecule has 2 heterocycles. The van der Waals surface area contributed by atoms with Crippen molar-refractivity contribution in [2.24, 2.45) is 0 Å². The zero-order valence-electron chi connectivity index (χ0n) is 16.5. The molecule has 0 saturated heterocycles. The number of nitrogens with zero attached hydrogens (tertiary/aromatic N) is 4. The third-order valence-electron chi connectivity index (χ3n) is 4.46. The summed E-state index contributed by atoms with van der Waals surface area (Å²) in [6.07, 6.45) is -3.33. The topological polar surface area (TPSA) is 72.3 Å². The van der Waals surface area contributed by atoms with Gasteiger partial charge in [0.15, 0.2) is 0 Å². The summed E-state index contributed by atoms with van der Waals surface area (Å²) in [5.41, 5.74) is 0.919. The van der Waals surface area contributed by atoms with Gasteiger partial charge in [0, 0.05) is 19.3 Å². The molecule has 32 heavy (non-hydrogen) atoms. The molecule has 11 heteroatoms. The largest absolute Gasteiger partial charge is 0.491 e. The molecule has 0 atom stereocenters. The van der Waals surface area contributed by atoms with Gasteiger partial charge in [-0.05, 0) is 42.5 Å². The second kappa shape index (κ2) is 8.50. The first-order valence-electron chi connectivity index (χ1n) is 9.24. The van der Waals surface area contributed by atoms with Gasteiger partial charge in [0.05, 0.1) is 32.9 Å². The molecule has 0 unspecified atom stereocenters. The van der Waals surface area contributed by atoms with Crippen molar-refractivity contribution in [3.8, 4) is 11.5 Å². The first kappa shape index (κ1) is 21.6. The summed E-state index contributed by atoms with van der Waals surface area (Å²) in [5.74, 6) is -0.112. The number of nitrogens with one attached hydrogen (secondary N) is 1. The van der Waals surface area contributed by atoms with E-state index in [1.54, 1.807) is 24.3 Å². The van der Waals surface area contributed by atoms with Crippen molar-refractivity contribution in [2.45, 2.75) is 6.30 Å². The Balaban J connectivity index is 1.65. The molecule has 0 spiro atoms. The molecule has 0 aliphatic rings. The number of para-hydroxylation sites is 2. The van der Waals surface area contributed by atoms with Crippen molar-refractivity contribution in [1.29, 1.82) is 0 Å². The number of benzene rings is 2. The number of carbonyl (C=O) groups is 1. The first-order valence-corrected chi connectivity index (χ1v) is 9.95. The minimum absolute atomic E-state index is 0.151. The molecule has 0 radical (unpaired) electrons. The van der Waals surface area contributed by atoms with E-state index < -0.39 is 6.30 Å². The van der Waals surface area contributed by atoms with Crippen LogP contribution in [0.2, 0.25) is 0 Å². The van der Waals surface area contributed by atoms with Crippen LogP contribution in [0.15, 0.2) is 66.9 Å². The number of rotatable bonds is 5. The highest BCUT2D eigenvalue weighted by atomic mass is 79.9. The summed E-state index contributed by atoms with van der Waals surface area (Å²) in [7, 11) is 1.48. The number of pyridine rings is 1. The second-order valence-corrected chi connectivity index (χ2v) is 7.25. The van der Waals surface area contributed by atoms with E-state index in [4.69, 9.17) is 4.74 Å². The molecule has 0 aliphatic carbocycles. The van der Waals surface area contributed by atoms with Crippen molar-refractivity contribution < 1.29 is 22.7 Å². The number of aromatic nitrogens is 3. The number of anilines is 2. The molecular formula is C21H15BrF3N5O2. The molecule has 1 N–H and O–H groups in total. The predicted octanol–water partition coefficient (Wildman–Crippen LogP) is 5.40. The van der Waals surface area contributed by atoms with Gasteiger partial charge in [-0.1, -0.05) is 12.1 Å². The number of halogens is 4. The molecule has 1 amide bonds. The van der Waals surface area contributed by atoms with Gasteiger partial charge in [-0.2, -0.15) is 0 Å². The summed E-state index contributed by atoms with van der Waals surface area (Å²) >= 11 is 3.17. The minimum Gasteiger partial charge on any atom is -0.457 e. The molecule has 0 aliphatic heterocycles. The molecule has 0 saturated carbocycles. The van der Waals surface area contributed by atoms with Gasteiger partial charge in [0.1, 0.15) is 17.2 Å². The Morgan fingerprint density at radius 1 is 1.09 bits per heavy atom. The van der Waals surface area contributed by atoms with Crippen LogP contribution < -0.4 is 15.0 Å². The van der Waals surface area contributed by atoms with Crippen molar-refractivity contribution in [2.75, 3.05) is 11.9 Å². The van der Waals surface area contributed by atoms with Gasteiger partial charge < -0.3 is 10.1 Å². The Labute approximate surface area is 188 Å². The Hall–Kier alpha value is -3.60. The lowest BCUT2D eigenvalue weighted by Gasteiger charge is -2.25. The number of fused-ring (bicyclic) bond motifs is 1. The van der Waals surface area contributed by atoms with E-state index in [9.17, 15) is 18.0 Å². The average molecular weight is 506 g/mol. The summed E-state index contributed by atoms with van der Waals surface area (Å²) < 4.78 is 48.8. The van der Waals surface area contributed by atoms with E-state index >= 15 is 0 Å². The van der Waals surface area contributed by atoms with Gasteiger partial charge in [-0.15, -0.1) is 13.2 Å². The number of amides is 1. The van der Waals surface area contributed by atoms with Gasteiger partial charge in [0.25, 0.3) is 5.91 Å². The van der Waals surface area contributed by atoms with E-state index in [0.717, 1.165) is 0 Å². The fraction of sp³-hybridized carbons (Fsp3) is 0.0952. The predicted molar refractivity (Wildman–Crippen MR) is 116 cm³/mol. The van der Waals surface area contributed by atoms with Crippen molar-refractivity contribution >= 4 is 44.7 Å². The Bertz CT molecular complexity index is 1270. The van der Waals surface area contributed by atoms with Crippen molar-refractivity contribution in [3.63, 3.8) is 0 Å². The molecule has 4 aromatic rings. The highest BCUT2D eigenvalue weighted by Gasteiger charge is 2.41. The zero-order valence-corrected chi connectivity index (χ0v) is 18.1. The summed E-state index contributed by atoms with van der Waals surface area (Å²) in [6, 6.07) is 15.0. The van der Waals surface area contributed by atoms with Crippen LogP contribution in [0.5, 0.6) is 11.5 Å². The summed E-state index contributed by atoms with van der Waals surface area (Å²) in [6.45, 7) is 0. The van der Waals surface area contributed by atoms with E-state index in [0.29, 0.717) is 16.8 Å². The van der Waals surface area contributed by atoms with Gasteiger partial charge in [-0.3, -0.25) is 9.78 Å². The fourth-order valence-electron chi connectivity index (χ4n) is 3.02. The Morgan fingerprint density at radius 2 is 1.81 bits per heavy atom. The van der Waals surface area contributed by atoms with Crippen LogP contribution in [0, 0.1) is 0 Å². The smallest absolute Gasteiger partial charge is 0.457 e. The fourth-order valence-corrected chi connectivity index (χ4v) is 3.56. The monoisotopic (exact) mass is 505 g/mol. The van der Waals surface area contributed by atoms with Crippen molar-refractivity contribution in [1.82, 2.24) is 18.9 Å². The molecule has 7 nitrogen and oxygen atoms in total. The van der Waals surface area contributed by atoms with Crippen LogP contribution >= 0.6 is 16.1 Å². The Kier molecular flexibility index (Phi) is 5.74. The number of ether oxygens (including phenoxy) is 1. The molecule has 0 fully saturated rings. The highest BCUT2D eigenvalue weighted by Crippen LogP contribution is 2.39. The lowest BCUT2D eigenvalue weighted by molar-refractivity contribution is -0.121. The van der Waals surface area contributed by atoms with Gasteiger partial charge in [0.2, 0.25) is 5.95 Å². The molecule has 164 valence electrons. The van der Waals surface area contributed by atoms with Gasteiger partial charge >= 0.3 is 6.30 Å². The SMILES string of the molecule is CNC(=O)c1cc(Oc2ccc(N(c3nc4ccccc4n3Br)C(F)(F)F)cc2)ccn1. The quantitative estimate of drug-likeness (QED) is 0.367. The van der Waals surface area contributed by atoms with Crippen LogP contribution in [0.25, 0.3) is 11.0 Å². The van der Waals surface area contributed by atoms with E-state index in [1.165, 1.54) is 53.2 Å². The van der Waals surface area contributed by atoms with Crippen LogP contribution in [-0.4, -0.2) is 32.8 Å². The lowest BCUT2D eigenvalue weighted by atomic mass is 10.2. The zero-order chi connectivity index (χ0) is 22.9. The van der Waals surface area contributed by atoms with Crippen LogP contribution in [0.4, 0.5) is 24.8 Å². The highest BCUT2D eigenvalue weighted by molar-refractivity contribution is 9.08. The maximum atomic E-state index is 14.0. The third-order valence-corrected chi connectivity index (χ3v) is 5.16.